The minimum atomic E-state index is 0. The van der Waals surface area contributed by atoms with Gasteiger partial charge in [-0.3, -0.25) is 4.79 Å². The number of carbonyl (C=O) groups is 1. The first-order valence-electron chi connectivity index (χ1n) is 10.2. The van der Waals surface area contributed by atoms with E-state index in [9.17, 15) is 4.79 Å². The number of hydrogen-bond acceptors (Lipinski definition) is 3. The van der Waals surface area contributed by atoms with Crippen LogP contribution in [-0.4, -0.2) is 33.4 Å². The molecule has 3 aromatic rings. The van der Waals surface area contributed by atoms with Crippen LogP contribution >= 0.6 is 24.0 Å². The third-order valence-electron chi connectivity index (χ3n) is 5.70. The molecule has 4 rings (SSSR count). The van der Waals surface area contributed by atoms with Crippen molar-refractivity contribution in [2.24, 2.45) is 5.92 Å². The van der Waals surface area contributed by atoms with Crippen LogP contribution in [0.2, 0.25) is 5.02 Å². The molecule has 1 saturated heterocycles. The van der Waals surface area contributed by atoms with Gasteiger partial charge >= 0.3 is 0 Å². The zero-order valence-corrected chi connectivity index (χ0v) is 18.6. The van der Waals surface area contributed by atoms with Crippen molar-refractivity contribution in [3.05, 3.63) is 88.5 Å². The molecule has 0 bridgehead atoms. The minimum absolute atomic E-state index is 0. The lowest BCUT2D eigenvalue weighted by atomic mass is 9.96. The zero-order chi connectivity index (χ0) is 20.9. The van der Waals surface area contributed by atoms with Crippen molar-refractivity contribution in [1.82, 2.24) is 14.5 Å². The van der Waals surface area contributed by atoms with Gasteiger partial charge in [0.25, 0.3) is 5.91 Å². The number of likely N-dealkylation sites (tertiary alicyclic amines) is 1. The molecule has 0 atom stereocenters. The molecule has 1 aliphatic rings. The van der Waals surface area contributed by atoms with Crippen molar-refractivity contribution in [3.8, 4) is 6.07 Å². The molecule has 31 heavy (non-hydrogen) atoms. The van der Waals surface area contributed by atoms with Crippen LogP contribution in [0.5, 0.6) is 0 Å². The van der Waals surface area contributed by atoms with Crippen molar-refractivity contribution < 1.29 is 4.79 Å². The second kappa shape index (κ2) is 10.5. The molecule has 2 aromatic carbocycles. The highest BCUT2D eigenvalue weighted by molar-refractivity contribution is 6.30. The van der Waals surface area contributed by atoms with Gasteiger partial charge in [-0.25, -0.2) is 4.98 Å². The van der Waals surface area contributed by atoms with Gasteiger partial charge in [0.15, 0.2) is 0 Å². The number of benzene rings is 2. The minimum Gasteiger partial charge on any atom is -0.339 e. The van der Waals surface area contributed by atoms with Crippen LogP contribution in [0.4, 0.5) is 0 Å². The topological polar surface area (TPSA) is 61.9 Å². The maximum Gasteiger partial charge on any atom is 0.253 e. The van der Waals surface area contributed by atoms with Gasteiger partial charge in [0, 0.05) is 48.5 Å². The summed E-state index contributed by atoms with van der Waals surface area (Å²) in [5.41, 5.74) is 3.65. The van der Waals surface area contributed by atoms with E-state index in [1.807, 2.05) is 53.8 Å². The predicted octanol–water partition coefficient (Wildman–Crippen LogP) is 4.97. The van der Waals surface area contributed by atoms with Gasteiger partial charge < -0.3 is 9.47 Å². The molecule has 1 aliphatic heterocycles. The Morgan fingerprint density at radius 1 is 1.16 bits per heavy atom. The summed E-state index contributed by atoms with van der Waals surface area (Å²) in [6.07, 6.45) is 6.54. The molecular weight excluding hydrogens is 431 g/mol. The van der Waals surface area contributed by atoms with Gasteiger partial charge in [-0.05, 0) is 54.7 Å². The fraction of sp³-hybridized carbons (Fsp3) is 0.292. The highest BCUT2D eigenvalue weighted by atomic mass is 35.5. The molecule has 0 spiro atoms. The monoisotopic (exact) mass is 454 g/mol. The van der Waals surface area contributed by atoms with Crippen molar-refractivity contribution in [3.63, 3.8) is 0 Å². The van der Waals surface area contributed by atoms with Crippen LogP contribution in [-0.2, 0) is 13.0 Å². The van der Waals surface area contributed by atoms with Crippen molar-refractivity contribution >= 4 is 29.9 Å². The lowest BCUT2D eigenvalue weighted by Gasteiger charge is -2.32. The Morgan fingerprint density at radius 2 is 1.90 bits per heavy atom. The molecule has 0 N–H and O–H groups in total. The lowest BCUT2D eigenvalue weighted by Crippen LogP contribution is -2.39. The number of halogens is 2. The lowest BCUT2D eigenvalue weighted by molar-refractivity contribution is 0.0682. The fourth-order valence-corrected chi connectivity index (χ4v) is 4.16. The normalized spacial score (nSPS) is 14.0. The first kappa shape index (κ1) is 22.9. The van der Waals surface area contributed by atoms with E-state index in [1.165, 1.54) is 0 Å². The molecule has 5 nitrogen and oxygen atoms in total. The zero-order valence-electron chi connectivity index (χ0n) is 17.1. The highest BCUT2D eigenvalue weighted by Gasteiger charge is 2.24. The predicted molar refractivity (Wildman–Crippen MR) is 124 cm³/mol. The Bertz CT molecular complexity index is 1060. The van der Waals surface area contributed by atoms with Gasteiger partial charge in [0.2, 0.25) is 0 Å². The molecule has 0 aliphatic carbocycles. The van der Waals surface area contributed by atoms with E-state index in [0.717, 1.165) is 50.2 Å². The number of piperidine rings is 1. The quantitative estimate of drug-likeness (QED) is 0.546. The summed E-state index contributed by atoms with van der Waals surface area (Å²) in [7, 11) is 0. The SMILES string of the molecule is Cl.N#Cc1ccc(Cc2cncn2CC2CCN(C(=O)c3cccc(Cl)c3)CC2)cc1. The van der Waals surface area contributed by atoms with E-state index in [2.05, 4.69) is 15.6 Å². The molecule has 0 saturated carbocycles. The van der Waals surface area contributed by atoms with Gasteiger partial charge in [-0.15, -0.1) is 12.4 Å². The summed E-state index contributed by atoms with van der Waals surface area (Å²) >= 11 is 6.02. The average molecular weight is 455 g/mol. The van der Waals surface area contributed by atoms with E-state index in [4.69, 9.17) is 16.9 Å². The number of nitrogens with zero attached hydrogens (tertiary/aromatic N) is 4. The number of aromatic nitrogens is 2. The molecule has 2 heterocycles. The van der Waals surface area contributed by atoms with E-state index in [0.29, 0.717) is 22.1 Å². The van der Waals surface area contributed by atoms with E-state index in [-0.39, 0.29) is 18.3 Å². The van der Waals surface area contributed by atoms with E-state index < -0.39 is 0 Å². The summed E-state index contributed by atoms with van der Waals surface area (Å²) in [5, 5.41) is 9.54. The Kier molecular flexibility index (Phi) is 7.73. The number of nitriles is 1. The number of hydrogen-bond donors (Lipinski definition) is 0. The first-order chi connectivity index (χ1) is 14.6. The van der Waals surface area contributed by atoms with Crippen LogP contribution < -0.4 is 0 Å². The highest BCUT2D eigenvalue weighted by Crippen LogP contribution is 2.23. The summed E-state index contributed by atoms with van der Waals surface area (Å²) in [6.45, 7) is 2.43. The smallest absolute Gasteiger partial charge is 0.253 e. The Morgan fingerprint density at radius 3 is 2.58 bits per heavy atom. The molecule has 0 unspecified atom stereocenters. The summed E-state index contributed by atoms with van der Waals surface area (Å²) in [6, 6.07) is 17.0. The molecular formula is C24H24Cl2N4O. The maximum absolute atomic E-state index is 12.7. The number of rotatable bonds is 5. The fourth-order valence-electron chi connectivity index (χ4n) is 3.97. The largest absolute Gasteiger partial charge is 0.339 e. The van der Waals surface area contributed by atoms with Crippen LogP contribution in [0.1, 0.15) is 40.0 Å². The molecule has 1 amide bonds. The molecule has 0 radical (unpaired) electrons. The van der Waals surface area contributed by atoms with Crippen LogP contribution in [0.3, 0.4) is 0 Å². The van der Waals surface area contributed by atoms with Crippen LogP contribution in [0.25, 0.3) is 0 Å². The Hall–Kier alpha value is -2.81. The van der Waals surface area contributed by atoms with Crippen molar-refractivity contribution in [2.75, 3.05) is 13.1 Å². The van der Waals surface area contributed by atoms with Gasteiger partial charge in [-0.1, -0.05) is 29.8 Å². The Labute approximate surface area is 193 Å². The van der Waals surface area contributed by atoms with E-state index >= 15 is 0 Å². The molecule has 160 valence electrons. The van der Waals surface area contributed by atoms with Gasteiger partial charge in [-0.2, -0.15) is 5.26 Å². The van der Waals surface area contributed by atoms with Crippen molar-refractivity contribution in [2.45, 2.75) is 25.8 Å². The third kappa shape index (κ3) is 5.66. The number of imidazole rings is 1. The first-order valence-corrected chi connectivity index (χ1v) is 10.5. The second-order valence-electron chi connectivity index (χ2n) is 7.77. The summed E-state index contributed by atoms with van der Waals surface area (Å²) in [5.74, 6) is 0.572. The standard InChI is InChI=1S/C24H23ClN4O.ClH/c25-22-3-1-2-21(13-22)24(30)28-10-8-20(9-11-28)16-29-17-27-15-23(29)12-18-4-6-19(14-26)7-5-18;/h1-7,13,15,17,20H,8-12,16H2;1H. The van der Waals surface area contributed by atoms with E-state index in [1.54, 1.807) is 12.1 Å². The van der Waals surface area contributed by atoms with Gasteiger partial charge in [0.05, 0.1) is 18.0 Å². The molecule has 1 fully saturated rings. The number of carbonyl (C=O) groups excluding carboxylic acids is 1. The van der Waals surface area contributed by atoms with Gasteiger partial charge in [0.1, 0.15) is 0 Å². The summed E-state index contributed by atoms with van der Waals surface area (Å²) < 4.78 is 2.22. The third-order valence-corrected chi connectivity index (χ3v) is 5.93. The van der Waals surface area contributed by atoms with Crippen molar-refractivity contribution in [1.29, 1.82) is 5.26 Å². The van der Waals surface area contributed by atoms with Crippen LogP contribution in [0, 0.1) is 17.2 Å². The molecule has 7 heteroatoms. The summed E-state index contributed by atoms with van der Waals surface area (Å²) in [4.78, 5) is 19.0. The maximum atomic E-state index is 12.7. The number of amides is 1. The van der Waals surface area contributed by atoms with Crippen LogP contribution in [0.15, 0.2) is 61.1 Å². The second-order valence-corrected chi connectivity index (χ2v) is 8.21. The average Bonchev–Trinajstić information content (AvgIpc) is 3.21. The Balaban J connectivity index is 0.00000272. The molecule has 1 aromatic heterocycles.